The summed E-state index contributed by atoms with van der Waals surface area (Å²) in [5.74, 6) is -0.408. The van der Waals surface area contributed by atoms with Crippen LogP contribution in [0.5, 0.6) is 11.5 Å². The van der Waals surface area contributed by atoms with E-state index in [0.717, 1.165) is 6.42 Å². The number of amides is 2. The Labute approximate surface area is 157 Å². The van der Waals surface area contributed by atoms with Crippen LogP contribution in [0.15, 0.2) is 12.1 Å². The predicted octanol–water partition coefficient (Wildman–Crippen LogP) is 1.78. The number of ether oxygens (including phenoxy) is 3. The average molecular weight is 376 g/mol. The Bertz CT molecular complexity index is 778. The molecule has 2 aliphatic heterocycles. The molecular formula is C19H24N2O6. The molecule has 1 aromatic rings. The summed E-state index contributed by atoms with van der Waals surface area (Å²) in [5.41, 5.74) is 0.719. The van der Waals surface area contributed by atoms with Crippen LogP contribution in [-0.2, 0) is 14.3 Å². The Balaban J connectivity index is 1.96. The van der Waals surface area contributed by atoms with Gasteiger partial charge in [0.2, 0.25) is 18.0 Å². The highest BCUT2D eigenvalue weighted by Crippen LogP contribution is 2.45. The van der Waals surface area contributed by atoms with E-state index in [1.54, 1.807) is 12.1 Å². The van der Waals surface area contributed by atoms with Crippen molar-refractivity contribution in [3.05, 3.63) is 23.3 Å². The van der Waals surface area contributed by atoms with Crippen molar-refractivity contribution < 1.29 is 28.6 Å². The maximum absolute atomic E-state index is 12.7. The normalized spacial score (nSPS) is 22.3. The first kappa shape index (κ1) is 19.0. The van der Waals surface area contributed by atoms with Gasteiger partial charge in [0.05, 0.1) is 14.2 Å². The van der Waals surface area contributed by atoms with Crippen molar-refractivity contribution in [2.75, 3.05) is 14.2 Å². The van der Waals surface area contributed by atoms with E-state index in [1.165, 1.54) is 19.1 Å². The van der Waals surface area contributed by atoms with Gasteiger partial charge in [0.25, 0.3) is 0 Å². The van der Waals surface area contributed by atoms with Crippen LogP contribution in [0.2, 0.25) is 0 Å². The summed E-state index contributed by atoms with van der Waals surface area (Å²) in [4.78, 5) is 39.0. The largest absolute Gasteiger partial charge is 0.493 e. The molecule has 0 radical (unpaired) electrons. The molecule has 2 amide bonds. The molecule has 0 aliphatic carbocycles. The van der Waals surface area contributed by atoms with Crippen LogP contribution in [0.3, 0.4) is 0 Å². The number of methoxy groups -OCH3 is 2. The zero-order valence-electron chi connectivity index (χ0n) is 15.9. The zero-order valence-corrected chi connectivity index (χ0v) is 15.9. The van der Waals surface area contributed by atoms with E-state index >= 15 is 0 Å². The highest BCUT2D eigenvalue weighted by atomic mass is 16.6. The lowest BCUT2D eigenvalue weighted by Crippen LogP contribution is -2.48. The molecule has 0 unspecified atom stereocenters. The van der Waals surface area contributed by atoms with Crippen molar-refractivity contribution in [3.63, 3.8) is 0 Å². The average Bonchev–Trinajstić information content (AvgIpc) is 3.20. The summed E-state index contributed by atoms with van der Waals surface area (Å²) in [7, 11) is 2.91. The number of cyclic esters (lactones) is 1. The molecule has 3 rings (SSSR count). The molecule has 1 N–H and O–H groups in total. The molecular weight excluding hydrogens is 352 g/mol. The van der Waals surface area contributed by atoms with E-state index in [0.29, 0.717) is 17.7 Å². The molecule has 0 aromatic heterocycles. The first-order valence-electron chi connectivity index (χ1n) is 9.00. The minimum absolute atomic E-state index is 0.00202. The van der Waals surface area contributed by atoms with Crippen LogP contribution < -0.4 is 14.8 Å². The number of carbonyl (C=O) groups excluding carboxylic acids is 3. The summed E-state index contributed by atoms with van der Waals surface area (Å²) >= 11 is 0. The van der Waals surface area contributed by atoms with E-state index in [4.69, 9.17) is 14.2 Å². The molecule has 27 heavy (non-hydrogen) atoms. The molecule has 1 saturated heterocycles. The van der Waals surface area contributed by atoms with Crippen LogP contribution in [0.4, 0.5) is 0 Å². The summed E-state index contributed by atoms with van der Waals surface area (Å²) in [6.07, 6.45) is 0.451. The predicted molar refractivity (Wildman–Crippen MR) is 95.5 cm³/mol. The first-order chi connectivity index (χ1) is 12.9. The number of fused-ring (bicyclic) bond motifs is 1. The fourth-order valence-corrected chi connectivity index (χ4v) is 3.48. The van der Waals surface area contributed by atoms with E-state index < -0.39 is 18.2 Å². The van der Waals surface area contributed by atoms with Gasteiger partial charge >= 0.3 is 5.97 Å². The first-order valence-corrected chi connectivity index (χ1v) is 9.00. The van der Waals surface area contributed by atoms with E-state index in [-0.39, 0.29) is 35.6 Å². The molecule has 1 fully saturated rings. The van der Waals surface area contributed by atoms with Gasteiger partial charge in [0.1, 0.15) is 11.6 Å². The maximum Gasteiger partial charge on any atom is 0.344 e. The van der Waals surface area contributed by atoms with Crippen molar-refractivity contribution in [2.45, 2.75) is 51.4 Å². The second kappa shape index (κ2) is 7.46. The molecule has 0 bridgehead atoms. The molecule has 2 aliphatic rings. The van der Waals surface area contributed by atoms with Crippen molar-refractivity contribution >= 4 is 17.8 Å². The van der Waals surface area contributed by atoms with Crippen LogP contribution in [0.1, 0.15) is 55.3 Å². The lowest BCUT2D eigenvalue weighted by Gasteiger charge is -2.30. The molecule has 3 atom stereocenters. The van der Waals surface area contributed by atoms with Crippen molar-refractivity contribution in [3.8, 4) is 11.5 Å². The van der Waals surface area contributed by atoms with Gasteiger partial charge in [-0.25, -0.2) is 4.79 Å². The summed E-state index contributed by atoms with van der Waals surface area (Å²) < 4.78 is 16.0. The Morgan fingerprint density at radius 1 is 1.33 bits per heavy atom. The number of hydrogen-bond acceptors (Lipinski definition) is 6. The van der Waals surface area contributed by atoms with Crippen molar-refractivity contribution in [1.29, 1.82) is 0 Å². The SMILES string of the molecule is CC[C@@H](C)NC(=O)[C@@H]1CCC(=O)N1[C@H]1OC(=O)c2c1ccc(OC)c2OC. The summed E-state index contributed by atoms with van der Waals surface area (Å²) in [6.45, 7) is 3.87. The van der Waals surface area contributed by atoms with Crippen LogP contribution in [-0.4, -0.2) is 49.0 Å². The molecule has 0 spiro atoms. The number of benzene rings is 1. The minimum Gasteiger partial charge on any atom is -0.493 e. The van der Waals surface area contributed by atoms with Crippen LogP contribution in [0, 0.1) is 0 Å². The van der Waals surface area contributed by atoms with Crippen molar-refractivity contribution in [2.24, 2.45) is 0 Å². The Morgan fingerprint density at radius 2 is 2.07 bits per heavy atom. The Morgan fingerprint density at radius 3 is 2.70 bits per heavy atom. The topological polar surface area (TPSA) is 94.2 Å². The van der Waals surface area contributed by atoms with E-state index in [1.807, 2.05) is 13.8 Å². The van der Waals surface area contributed by atoms with Gasteiger partial charge < -0.3 is 19.5 Å². The molecule has 2 heterocycles. The number of carbonyl (C=O) groups is 3. The fourth-order valence-electron chi connectivity index (χ4n) is 3.48. The van der Waals surface area contributed by atoms with Crippen LogP contribution in [0.25, 0.3) is 0 Å². The van der Waals surface area contributed by atoms with Crippen LogP contribution >= 0.6 is 0 Å². The minimum atomic E-state index is -0.949. The Hall–Kier alpha value is -2.77. The monoisotopic (exact) mass is 376 g/mol. The molecule has 0 saturated carbocycles. The van der Waals surface area contributed by atoms with Gasteiger partial charge in [0, 0.05) is 18.0 Å². The number of nitrogens with one attached hydrogen (secondary N) is 1. The smallest absolute Gasteiger partial charge is 0.344 e. The van der Waals surface area contributed by atoms with Crippen molar-refractivity contribution in [1.82, 2.24) is 10.2 Å². The third-order valence-electron chi connectivity index (χ3n) is 5.08. The van der Waals surface area contributed by atoms with Gasteiger partial charge in [0.15, 0.2) is 11.5 Å². The lowest BCUT2D eigenvalue weighted by atomic mass is 10.0. The van der Waals surface area contributed by atoms with E-state index in [9.17, 15) is 14.4 Å². The highest BCUT2D eigenvalue weighted by Gasteiger charge is 2.47. The third kappa shape index (κ3) is 3.20. The van der Waals surface area contributed by atoms with E-state index in [2.05, 4.69) is 5.32 Å². The van der Waals surface area contributed by atoms with Gasteiger partial charge in [-0.2, -0.15) is 0 Å². The van der Waals surface area contributed by atoms with Gasteiger partial charge in [-0.3, -0.25) is 14.5 Å². The third-order valence-corrected chi connectivity index (χ3v) is 5.08. The standard InChI is InChI=1S/C19H24N2O6/c1-5-10(2)20-17(23)12-7-9-14(22)21(12)18-11-6-8-13(25-3)16(26-4)15(11)19(24)27-18/h6,8,10,12,18H,5,7,9H2,1-4H3,(H,20,23)/t10-,12+,18+/m1/s1. The summed E-state index contributed by atoms with van der Waals surface area (Å²) in [6, 6.07) is 2.64. The zero-order chi connectivity index (χ0) is 19.7. The number of likely N-dealkylation sites (tertiary alicyclic amines) is 1. The molecule has 8 heteroatoms. The second-order valence-corrected chi connectivity index (χ2v) is 6.70. The van der Waals surface area contributed by atoms with Gasteiger partial charge in [-0.05, 0) is 31.9 Å². The lowest BCUT2D eigenvalue weighted by molar-refractivity contribution is -0.146. The maximum atomic E-state index is 12.7. The fraction of sp³-hybridized carbons (Fsp3) is 0.526. The molecule has 8 nitrogen and oxygen atoms in total. The number of rotatable bonds is 6. The quantitative estimate of drug-likeness (QED) is 0.761. The number of hydrogen-bond donors (Lipinski definition) is 1. The summed E-state index contributed by atoms with van der Waals surface area (Å²) in [5, 5.41) is 2.90. The molecule has 146 valence electrons. The highest BCUT2D eigenvalue weighted by molar-refractivity contribution is 5.99. The molecule has 1 aromatic carbocycles. The number of esters is 1. The Kier molecular flexibility index (Phi) is 5.25. The van der Waals surface area contributed by atoms with Gasteiger partial charge in [-0.1, -0.05) is 6.92 Å². The van der Waals surface area contributed by atoms with Gasteiger partial charge in [-0.15, -0.1) is 0 Å². The second-order valence-electron chi connectivity index (χ2n) is 6.70. The number of nitrogens with zero attached hydrogens (tertiary/aromatic N) is 1.